The quantitative estimate of drug-likeness (QED) is 0.522. The first-order valence-corrected chi connectivity index (χ1v) is 7.74. The molecule has 0 saturated heterocycles. The van der Waals surface area contributed by atoms with Crippen LogP contribution in [0.2, 0.25) is 0 Å². The lowest BCUT2D eigenvalue weighted by Gasteiger charge is -2.04. The average Bonchev–Trinajstić information content (AvgIpc) is 2.75. The molecule has 18 heavy (non-hydrogen) atoms. The monoisotopic (exact) mass is 460 g/mol. The first-order chi connectivity index (χ1) is 8.72. The zero-order chi connectivity index (χ0) is 12.5. The predicted octanol–water partition coefficient (Wildman–Crippen LogP) is 4.29. The highest BCUT2D eigenvalue weighted by atomic mass is 127. The number of hydrogen-bond donors (Lipinski definition) is 0. The number of fused-ring (bicyclic) bond motifs is 1. The molecule has 2 nitrogen and oxygen atoms in total. The molecule has 0 fully saturated rings. The van der Waals surface area contributed by atoms with Crippen molar-refractivity contribution in [3.8, 4) is 0 Å². The van der Waals surface area contributed by atoms with Crippen LogP contribution in [0, 0.1) is 7.14 Å². The van der Waals surface area contributed by atoms with E-state index in [1.807, 2.05) is 6.20 Å². The molecule has 90 valence electrons. The van der Waals surface area contributed by atoms with Gasteiger partial charge in [0, 0.05) is 12.5 Å². The van der Waals surface area contributed by atoms with Crippen LogP contribution < -0.4 is 0 Å². The third-order valence-electron chi connectivity index (χ3n) is 2.85. The summed E-state index contributed by atoms with van der Waals surface area (Å²) in [5.41, 5.74) is 2.47. The summed E-state index contributed by atoms with van der Waals surface area (Å²) in [5.74, 6) is 0. The van der Waals surface area contributed by atoms with Crippen molar-refractivity contribution in [2.24, 2.45) is 0 Å². The molecule has 0 atom stereocenters. The van der Waals surface area contributed by atoms with E-state index in [-0.39, 0.29) is 0 Å². The summed E-state index contributed by atoms with van der Waals surface area (Å²) >= 11 is 4.66. The molecule has 3 rings (SSSR count). The Morgan fingerprint density at radius 1 is 0.944 bits per heavy atom. The number of halogens is 2. The molecule has 0 aliphatic rings. The van der Waals surface area contributed by atoms with Gasteiger partial charge in [-0.1, -0.05) is 18.2 Å². The van der Waals surface area contributed by atoms with Gasteiger partial charge in [-0.25, -0.2) is 0 Å². The van der Waals surface area contributed by atoms with Crippen LogP contribution in [0.4, 0.5) is 0 Å². The number of benzene rings is 2. The minimum absolute atomic E-state index is 0.820. The van der Waals surface area contributed by atoms with Crippen LogP contribution in [0.5, 0.6) is 0 Å². The molecule has 0 N–H and O–H groups in total. The molecular weight excluding hydrogens is 450 g/mol. The Labute approximate surface area is 133 Å². The van der Waals surface area contributed by atoms with Crippen molar-refractivity contribution in [3.05, 3.63) is 61.4 Å². The molecule has 0 bridgehead atoms. The Kier molecular flexibility index (Phi) is 3.56. The van der Waals surface area contributed by atoms with Gasteiger partial charge in [-0.3, -0.25) is 4.68 Å². The van der Waals surface area contributed by atoms with E-state index in [9.17, 15) is 0 Å². The highest BCUT2D eigenvalue weighted by Gasteiger charge is 2.03. The Morgan fingerprint density at radius 3 is 2.44 bits per heavy atom. The van der Waals surface area contributed by atoms with Gasteiger partial charge in [-0.2, -0.15) is 5.10 Å². The zero-order valence-corrected chi connectivity index (χ0v) is 13.8. The lowest BCUT2D eigenvalue weighted by atomic mass is 10.2. The summed E-state index contributed by atoms with van der Waals surface area (Å²) in [6.45, 7) is 0.820. The zero-order valence-electron chi connectivity index (χ0n) is 9.48. The maximum atomic E-state index is 4.47. The lowest BCUT2D eigenvalue weighted by molar-refractivity contribution is 0.712. The molecule has 1 heterocycles. The van der Waals surface area contributed by atoms with Crippen LogP contribution in [-0.4, -0.2) is 9.78 Å². The molecule has 4 heteroatoms. The molecule has 1 aromatic heterocycles. The minimum atomic E-state index is 0.820. The van der Waals surface area contributed by atoms with Crippen molar-refractivity contribution in [1.29, 1.82) is 0 Å². The number of aromatic nitrogens is 2. The summed E-state index contributed by atoms with van der Waals surface area (Å²) in [7, 11) is 0. The van der Waals surface area contributed by atoms with Gasteiger partial charge in [0.2, 0.25) is 0 Å². The van der Waals surface area contributed by atoms with Crippen molar-refractivity contribution in [2.75, 3.05) is 0 Å². The van der Waals surface area contributed by atoms with Crippen LogP contribution in [0.25, 0.3) is 10.9 Å². The number of hydrogen-bond acceptors (Lipinski definition) is 1. The van der Waals surface area contributed by atoms with Gasteiger partial charge in [0.05, 0.1) is 18.3 Å². The van der Waals surface area contributed by atoms with E-state index >= 15 is 0 Å². The second kappa shape index (κ2) is 5.16. The molecule has 0 unspecified atom stereocenters. The fourth-order valence-corrected chi connectivity index (χ4v) is 2.77. The third-order valence-corrected chi connectivity index (χ3v) is 4.24. The molecule has 0 aliphatic carbocycles. The van der Waals surface area contributed by atoms with Crippen LogP contribution in [0.15, 0.2) is 48.7 Å². The van der Waals surface area contributed by atoms with Crippen molar-refractivity contribution in [3.63, 3.8) is 0 Å². The Hall–Kier alpha value is -0.630. The second-order valence-corrected chi connectivity index (χ2v) is 6.62. The van der Waals surface area contributed by atoms with Crippen LogP contribution in [0.3, 0.4) is 0 Å². The van der Waals surface area contributed by atoms with E-state index in [1.54, 1.807) is 0 Å². The van der Waals surface area contributed by atoms with Gasteiger partial charge in [-0.05, 0) is 75.0 Å². The fraction of sp³-hybridized carbons (Fsp3) is 0.0714. The van der Waals surface area contributed by atoms with E-state index < -0.39 is 0 Å². The van der Waals surface area contributed by atoms with Gasteiger partial charge >= 0.3 is 0 Å². The highest BCUT2D eigenvalue weighted by molar-refractivity contribution is 14.1. The maximum Gasteiger partial charge on any atom is 0.0696 e. The van der Waals surface area contributed by atoms with Crippen molar-refractivity contribution in [1.82, 2.24) is 9.78 Å². The van der Waals surface area contributed by atoms with Crippen LogP contribution in [-0.2, 0) is 6.54 Å². The second-order valence-electron chi connectivity index (χ2n) is 4.13. The Morgan fingerprint density at radius 2 is 1.67 bits per heavy atom. The van der Waals surface area contributed by atoms with Crippen LogP contribution >= 0.6 is 45.2 Å². The summed E-state index contributed by atoms with van der Waals surface area (Å²) < 4.78 is 4.56. The number of nitrogens with zero attached hydrogens (tertiary/aromatic N) is 2. The Balaban J connectivity index is 1.99. The van der Waals surface area contributed by atoms with E-state index in [1.165, 1.54) is 23.6 Å². The van der Waals surface area contributed by atoms with Crippen molar-refractivity contribution >= 4 is 56.1 Å². The average molecular weight is 460 g/mol. The first-order valence-electron chi connectivity index (χ1n) is 5.58. The summed E-state index contributed by atoms with van der Waals surface area (Å²) in [5, 5.41) is 5.66. The normalized spacial score (nSPS) is 11.0. The van der Waals surface area contributed by atoms with E-state index in [0.717, 1.165) is 6.54 Å². The fourth-order valence-electron chi connectivity index (χ4n) is 1.93. The molecule has 0 radical (unpaired) electrons. The third kappa shape index (κ3) is 2.54. The largest absolute Gasteiger partial charge is 0.260 e. The Bertz CT molecular complexity index is 687. The van der Waals surface area contributed by atoms with E-state index in [0.29, 0.717) is 0 Å². The van der Waals surface area contributed by atoms with Gasteiger partial charge in [0.1, 0.15) is 0 Å². The topological polar surface area (TPSA) is 17.8 Å². The molecular formula is C14H10I2N2. The smallest absolute Gasteiger partial charge is 0.0696 e. The predicted molar refractivity (Wildman–Crippen MR) is 90.7 cm³/mol. The van der Waals surface area contributed by atoms with Gasteiger partial charge < -0.3 is 0 Å². The molecule has 0 aliphatic heterocycles. The van der Waals surface area contributed by atoms with Crippen molar-refractivity contribution in [2.45, 2.75) is 6.54 Å². The SMILES string of the molecule is Ic1ccc(Cn2ncc3ccc(I)cc32)cc1. The van der Waals surface area contributed by atoms with E-state index in [4.69, 9.17) is 0 Å². The first kappa shape index (κ1) is 12.4. The summed E-state index contributed by atoms with van der Waals surface area (Å²) in [6.07, 6.45) is 1.93. The maximum absolute atomic E-state index is 4.47. The molecule has 0 amide bonds. The standard InChI is InChI=1S/C14H10I2N2/c15-12-4-1-10(2-5-12)9-18-14-7-13(16)6-3-11(14)8-17-18/h1-8H,9H2. The van der Waals surface area contributed by atoms with E-state index in [2.05, 4.69) is 97.4 Å². The molecule has 0 spiro atoms. The van der Waals surface area contributed by atoms with Gasteiger partial charge in [0.25, 0.3) is 0 Å². The summed E-state index contributed by atoms with van der Waals surface area (Å²) in [6, 6.07) is 15.0. The van der Waals surface area contributed by atoms with Crippen LogP contribution in [0.1, 0.15) is 5.56 Å². The summed E-state index contributed by atoms with van der Waals surface area (Å²) in [4.78, 5) is 0. The molecule has 3 aromatic rings. The highest BCUT2D eigenvalue weighted by Crippen LogP contribution is 2.18. The molecule has 0 saturated carbocycles. The van der Waals surface area contributed by atoms with Gasteiger partial charge in [-0.15, -0.1) is 0 Å². The van der Waals surface area contributed by atoms with Crippen molar-refractivity contribution < 1.29 is 0 Å². The number of rotatable bonds is 2. The minimum Gasteiger partial charge on any atom is -0.260 e. The lowest BCUT2D eigenvalue weighted by Crippen LogP contribution is -2.01. The molecule has 2 aromatic carbocycles. The van der Waals surface area contributed by atoms with Gasteiger partial charge in [0.15, 0.2) is 0 Å².